The second-order valence-corrected chi connectivity index (χ2v) is 14.7. The fourth-order valence-corrected chi connectivity index (χ4v) is 5.77. The Morgan fingerprint density at radius 1 is 0.947 bits per heavy atom. The van der Waals surface area contributed by atoms with Gasteiger partial charge in [-0.05, 0) is 66.4 Å². The number of amides is 3. The van der Waals surface area contributed by atoms with Crippen LogP contribution in [0.25, 0.3) is 0 Å². The molecule has 9 nitrogen and oxygen atoms in total. The summed E-state index contributed by atoms with van der Waals surface area (Å²) in [5, 5.41) is 11.2. The second-order valence-electron chi connectivity index (χ2n) is 11.9. The van der Waals surface area contributed by atoms with Gasteiger partial charge in [-0.2, -0.15) is 0 Å². The minimum Gasteiger partial charge on any atom is -0.508 e. The Balaban J connectivity index is 1.64. The van der Waals surface area contributed by atoms with Crippen LogP contribution in [0.1, 0.15) is 66.0 Å². The quantitative estimate of drug-likeness (QED) is 0.503. The van der Waals surface area contributed by atoms with Crippen molar-refractivity contribution in [3.8, 4) is 5.75 Å². The largest absolute Gasteiger partial charge is 0.508 e. The molecule has 1 aromatic carbocycles. The average molecular weight is 592 g/mol. The van der Waals surface area contributed by atoms with Gasteiger partial charge in [0.2, 0.25) is 0 Å². The third-order valence-electron chi connectivity index (χ3n) is 6.68. The van der Waals surface area contributed by atoms with Crippen LogP contribution in [0.5, 0.6) is 5.75 Å². The van der Waals surface area contributed by atoms with Crippen molar-refractivity contribution in [2.75, 3.05) is 39.3 Å². The lowest BCUT2D eigenvalue weighted by Crippen LogP contribution is -2.55. The van der Waals surface area contributed by atoms with Crippen LogP contribution in [0, 0.1) is 5.92 Å². The van der Waals surface area contributed by atoms with E-state index in [9.17, 15) is 18.9 Å². The van der Waals surface area contributed by atoms with Crippen LogP contribution in [-0.2, 0) is 15.7 Å². The topological polar surface area (TPSA) is 102 Å². The van der Waals surface area contributed by atoms with E-state index in [1.807, 2.05) is 46.4 Å². The molecule has 214 valence electrons. The highest BCUT2D eigenvalue weighted by molar-refractivity contribution is 7.84. The number of hydrogen-bond acceptors (Lipinski definition) is 5. The molecule has 0 unspecified atom stereocenters. The molecule has 2 aliphatic heterocycles. The van der Waals surface area contributed by atoms with E-state index in [1.54, 1.807) is 15.9 Å². The molecule has 3 amide bonds. The van der Waals surface area contributed by atoms with Gasteiger partial charge in [-0.25, -0.2) is 18.5 Å². The molecule has 2 fully saturated rings. The fraction of sp³-hybridized carbons (Fsp3) is 0.692. The van der Waals surface area contributed by atoms with Crippen molar-refractivity contribution < 1.29 is 23.6 Å². The highest BCUT2D eigenvalue weighted by Gasteiger charge is 2.36. The number of aromatic hydroxyl groups is 1. The van der Waals surface area contributed by atoms with Crippen molar-refractivity contribution in [1.82, 2.24) is 19.4 Å². The average Bonchev–Trinajstić information content (AvgIpc) is 2.83. The van der Waals surface area contributed by atoms with Crippen molar-refractivity contribution in [3.63, 3.8) is 0 Å². The van der Waals surface area contributed by atoms with E-state index in [-0.39, 0.29) is 28.8 Å². The molecule has 2 N–H and O–H groups in total. The summed E-state index contributed by atoms with van der Waals surface area (Å²) in [7, 11) is -1.39. The molecule has 0 spiro atoms. The minimum absolute atomic E-state index is 0.0100. The molecule has 2 atom stereocenters. The van der Waals surface area contributed by atoms with E-state index in [2.05, 4.69) is 4.72 Å². The van der Waals surface area contributed by atoms with Crippen LogP contribution in [0.4, 0.5) is 9.59 Å². The van der Waals surface area contributed by atoms with Crippen LogP contribution in [-0.4, -0.2) is 85.8 Å². The number of likely N-dealkylation sites (tertiary alicyclic amines) is 1. The Labute approximate surface area is 238 Å². The molecule has 0 saturated carbocycles. The number of halogens is 2. The fourth-order valence-electron chi connectivity index (χ4n) is 4.54. The highest BCUT2D eigenvalue weighted by atomic mass is 35.5. The maximum atomic E-state index is 13.2. The van der Waals surface area contributed by atoms with Gasteiger partial charge in [0.1, 0.15) is 11.4 Å². The van der Waals surface area contributed by atoms with Crippen LogP contribution in [0.15, 0.2) is 12.1 Å². The Hall–Kier alpha value is -1.75. The van der Waals surface area contributed by atoms with Crippen LogP contribution >= 0.6 is 23.2 Å². The molecule has 2 aliphatic rings. The summed E-state index contributed by atoms with van der Waals surface area (Å²) in [6.45, 7) is 13.9. The lowest BCUT2D eigenvalue weighted by Gasteiger charge is -2.41. The number of phenolic OH excluding ortho intramolecular Hbond substituents is 1. The number of piperidine rings is 1. The van der Waals surface area contributed by atoms with Crippen molar-refractivity contribution >= 4 is 46.3 Å². The number of hydrogen-bond donors (Lipinski definition) is 2. The molecule has 1 aromatic rings. The number of ether oxygens (including phenoxy) is 1. The van der Waals surface area contributed by atoms with E-state index >= 15 is 0 Å². The number of urea groups is 1. The molecule has 12 heteroatoms. The molecule has 38 heavy (non-hydrogen) atoms. The normalized spacial score (nSPS) is 19.3. The van der Waals surface area contributed by atoms with Crippen LogP contribution < -0.4 is 4.72 Å². The number of phenols is 1. The maximum absolute atomic E-state index is 13.2. The van der Waals surface area contributed by atoms with Gasteiger partial charge < -0.3 is 24.5 Å². The van der Waals surface area contributed by atoms with Crippen molar-refractivity contribution in [1.29, 1.82) is 0 Å². The van der Waals surface area contributed by atoms with Gasteiger partial charge in [0, 0.05) is 50.9 Å². The zero-order chi connectivity index (χ0) is 28.4. The van der Waals surface area contributed by atoms with Gasteiger partial charge in [0.25, 0.3) is 0 Å². The lowest BCUT2D eigenvalue weighted by atomic mass is 9.85. The summed E-state index contributed by atoms with van der Waals surface area (Å²) in [4.78, 5) is 30.8. The molecule has 0 bridgehead atoms. The van der Waals surface area contributed by atoms with Crippen molar-refractivity contribution in [2.24, 2.45) is 5.92 Å². The number of nitrogens with zero attached hydrogens (tertiary/aromatic N) is 3. The predicted octanol–water partition coefficient (Wildman–Crippen LogP) is 5.18. The van der Waals surface area contributed by atoms with Crippen molar-refractivity contribution in [2.45, 2.75) is 70.8 Å². The number of rotatable bonds is 4. The first-order valence-corrected chi connectivity index (χ1v) is 14.8. The Bertz CT molecular complexity index is 1040. The molecule has 2 saturated heterocycles. The van der Waals surface area contributed by atoms with E-state index in [4.69, 9.17) is 27.9 Å². The summed E-state index contributed by atoms with van der Waals surface area (Å²) < 4.78 is 21.2. The first-order valence-electron chi connectivity index (χ1n) is 12.9. The monoisotopic (exact) mass is 590 g/mol. The van der Waals surface area contributed by atoms with E-state index in [0.717, 1.165) is 0 Å². The van der Waals surface area contributed by atoms with Gasteiger partial charge in [-0.1, -0.05) is 23.2 Å². The molecule has 0 aromatic heterocycles. The Kier molecular flexibility index (Phi) is 9.87. The Morgan fingerprint density at radius 3 is 1.97 bits per heavy atom. The van der Waals surface area contributed by atoms with Crippen LogP contribution in [0.3, 0.4) is 0 Å². The Morgan fingerprint density at radius 2 is 1.45 bits per heavy atom. The molecular formula is C26H40Cl2N4O5S. The lowest BCUT2D eigenvalue weighted by molar-refractivity contribution is 0.0152. The number of piperazine rings is 1. The number of benzene rings is 1. The van der Waals surface area contributed by atoms with Gasteiger partial charge in [0.05, 0.1) is 31.8 Å². The molecular weight excluding hydrogens is 551 g/mol. The van der Waals surface area contributed by atoms with Gasteiger partial charge in [-0.3, -0.25) is 0 Å². The third kappa shape index (κ3) is 7.90. The standard InChI is InChI=1S/C26H40Cl2N4O5S/c1-25(2,3)37-24(35)32-13-11-31(12-14-32)23(34)30-9-7-17(8-10-30)22(29-38(36)26(4,5)6)18-15-19(27)20(28)16-21(18)33/h15-17,22,29,33H,7-14H2,1-6H3/t22-,38+/m1/s1. The second kappa shape index (κ2) is 12.2. The van der Waals surface area contributed by atoms with Gasteiger partial charge >= 0.3 is 12.1 Å². The molecule has 0 radical (unpaired) electrons. The summed E-state index contributed by atoms with van der Waals surface area (Å²) in [5.74, 6) is 0.00156. The van der Waals surface area contributed by atoms with Crippen LogP contribution in [0.2, 0.25) is 10.0 Å². The zero-order valence-electron chi connectivity index (χ0n) is 23.1. The first kappa shape index (κ1) is 30.8. The van der Waals surface area contributed by atoms with E-state index < -0.39 is 27.4 Å². The van der Waals surface area contributed by atoms with Gasteiger partial charge in [-0.15, -0.1) is 0 Å². The number of carbonyl (C=O) groups excluding carboxylic acids is 2. The molecule has 0 aliphatic carbocycles. The van der Waals surface area contributed by atoms with Crippen molar-refractivity contribution in [3.05, 3.63) is 27.7 Å². The number of carbonyl (C=O) groups is 2. The van der Waals surface area contributed by atoms with E-state index in [1.165, 1.54) is 6.07 Å². The summed E-state index contributed by atoms with van der Waals surface area (Å²) in [6, 6.07) is 2.55. The van der Waals surface area contributed by atoms with Gasteiger partial charge in [0.15, 0.2) is 0 Å². The SMILES string of the molecule is CC(C)(C)OC(=O)N1CCN(C(=O)N2CCC([C@@H](N[S@@](=O)C(C)(C)C)c3cc(Cl)c(Cl)cc3O)CC2)CC1. The van der Waals surface area contributed by atoms with E-state index in [0.29, 0.717) is 62.7 Å². The third-order valence-corrected chi connectivity index (χ3v) is 8.98. The summed E-state index contributed by atoms with van der Waals surface area (Å²) >= 11 is 12.4. The summed E-state index contributed by atoms with van der Waals surface area (Å²) in [5.41, 5.74) is -0.0191. The maximum Gasteiger partial charge on any atom is 0.410 e. The zero-order valence-corrected chi connectivity index (χ0v) is 25.4. The highest BCUT2D eigenvalue weighted by Crippen LogP contribution is 2.40. The smallest absolute Gasteiger partial charge is 0.410 e. The minimum atomic E-state index is -1.39. The number of nitrogens with one attached hydrogen (secondary N) is 1. The molecule has 2 heterocycles. The molecule has 3 rings (SSSR count). The predicted molar refractivity (Wildman–Crippen MR) is 151 cm³/mol. The summed E-state index contributed by atoms with van der Waals surface area (Å²) in [6.07, 6.45) is 0.951. The first-order chi connectivity index (χ1) is 17.6.